The number of aryl methyl sites for hydroxylation is 1. The Bertz CT molecular complexity index is 1020. The molecule has 6 nitrogen and oxygen atoms in total. The Morgan fingerprint density at radius 1 is 1.00 bits per heavy atom. The van der Waals surface area contributed by atoms with Crippen molar-refractivity contribution >= 4 is 17.5 Å². The van der Waals surface area contributed by atoms with Crippen LogP contribution in [0.5, 0.6) is 5.75 Å². The molecule has 30 heavy (non-hydrogen) atoms. The van der Waals surface area contributed by atoms with Gasteiger partial charge in [0.05, 0.1) is 7.11 Å². The normalized spacial score (nSPS) is 13.0. The number of furan rings is 1. The Kier molecular flexibility index (Phi) is 5.84. The van der Waals surface area contributed by atoms with Gasteiger partial charge in [-0.3, -0.25) is 9.59 Å². The van der Waals surface area contributed by atoms with Crippen LogP contribution in [0.3, 0.4) is 0 Å². The molecule has 1 saturated carbocycles. The Morgan fingerprint density at radius 2 is 1.73 bits per heavy atom. The molecule has 6 heteroatoms. The van der Waals surface area contributed by atoms with Gasteiger partial charge in [0, 0.05) is 35.7 Å². The van der Waals surface area contributed by atoms with Crippen LogP contribution in [0, 0.1) is 0 Å². The van der Waals surface area contributed by atoms with Crippen molar-refractivity contribution in [2.45, 2.75) is 31.7 Å². The second kappa shape index (κ2) is 8.86. The minimum absolute atomic E-state index is 0.0686. The van der Waals surface area contributed by atoms with Crippen LogP contribution >= 0.6 is 0 Å². The third-order valence-electron chi connectivity index (χ3n) is 4.98. The summed E-state index contributed by atoms with van der Waals surface area (Å²) in [6.45, 7) is 0. The minimum Gasteiger partial charge on any atom is -0.497 e. The first kappa shape index (κ1) is 19.8. The second-order valence-corrected chi connectivity index (χ2v) is 7.37. The van der Waals surface area contributed by atoms with Gasteiger partial charge >= 0.3 is 0 Å². The minimum atomic E-state index is -0.104. The standard InChI is InChI=1S/C24H24N2O4/c1-29-20-10-4-16(5-11-20)22-14-12-21(30-22)13-15-23(27)25-18-6-2-17(3-7-18)24(28)26-19-8-9-19/h2-7,10-12,14,19H,8-9,13,15H2,1H3,(H,25,27)(H,26,28). The van der Waals surface area contributed by atoms with Crippen molar-refractivity contribution in [3.8, 4) is 17.1 Å². The van der Waals surface area contributed by atoms with Gasteiger partial charge in [0.25, 0.3) is 5.91 Å². The van der Waals surface area contributed by atoms with Gasteiger partial charge in [-0.15, -0.1) is 0 Å². The van der Waals surface area contributed by atoms with E-state index in [-0.39, 0.29) is 11.8 Å². The van der Waals surface area contributed by atoms with E-state index in [4.69, 9.17) is 9.15 Å². The topological polar surface area (TPSA) is 80.6 Å². The quantitative estimate of drug-likeness (QED) is 0.582. The summed E-state index contributed by atoms with van der Waals surface area (Å²) >= 11 is 0. The SMILES string of the molecule is COc1ccc(-c2ccc(CCC(=O)Nc3ccc(C(=O)NC4CC4)cc3)o2)cc1. The molecular weight excluding hydrogens is 380 g/mol. The van der Waals surface area contributed by atoms with E-state index in [1.165, 1.54) is 0 Å². The summed E-state index contributed by atoms with van der Waals surface area (Å²) in [6.07, 6.45) is 2.91. The summed E-state index contributed by atoms with van der Waals surface area (Å²) in [5.41, 5.74) is 2.22. The van der Waals surface area contributed by atoms with Crippen molar-refractivity contribution < 1.29 is 18.7 Å². The average Bonchev–Trinajstić information content (AvgIpc) is 3.46. The molecule has 2 amide bonds. The number of carbonyl (C=O) groups is 2. The number of nitrogens with one attached hydrogen (secondary N) is 2. The van der Waals surface area contributed by atoms with Gasteiger partial charge in [-0.2, -0.15) is 0 Å². The number of ether oxygens (including phenoxy) is 1. The number of carbonyl (C=O) groups excluding carboxylic acids is 2. The first-order valence-corrected chi connectivity index (χ1v) is 10.0. The molecule has 0 unspecified atom stereocenters. The van der Waals surface area contributed by atoms with Crippen LogP contribution in [-0.4, -0.2) is 25.0 Å². The smallest absolute Gasteiger partial charge is 0.251 e. The van der Waals surface area contributed by atoms with Gasteiger partial charge in [-0.05, 0) is 73.5 Å². The molecule has 1 aliphatic rings. The first-order valence-electron chi connectivity index (χ1n) is 10.0. The van der Waals surface area contributed by atoms with Gasteiger partial charge in [0.15, 0.2) is 0 Å². The van der Waals surface area contributed by atoms with Crippen LogP contribution in [0.25, 0.3) is 11.3 Å². The third-order valence-corrected chi connectivity index (χ3v) is 4.98. The van der Waals surface area contributed by atoms with Crippen LogP contribution in [0.2, 0.25) is 0 Å². The van der Waals surface area contributed by atoms with Crippen molar-refractivity contribution in [3.63, 3.8) is 0 Å². The molecule has 1 aromatic heterocycles. The highest BCUT2D eigenvalue weighted by atomic mass is 16.5. The molecule has 0 radical (unpaired) electrons. The molecule has 1 fully saturated rings. The van der Waals surface area contributed by atoms with Crippen LogP contribution < -0.4 is 15.4 Å². The summed E-state index contributed by atoms with van der Waals surface area (Å²) in [7, 11) is 1.63. The van der Waals surface area contributed by atoms with E-state index in [9.17, 15) is 9.59 Å². The van der Waals surface area contributed by atoms with Crippen molar-refractivity contribution in [1.29, 1.82) is 0 Å². The predicted octanol–water partition coefficient (Wildman–Crippen LogP) is 4.42. The lowest BCUT2D eigenvalue weighted by molar-refractivity contribution is -0.116. The highest BCUT2D eigenvalue weighted by Gasteiger charge is 2.23. The van der Waals surface area contributed by atoms with Crippen LogP contribution in [-0.2, 0) is 11.2 Å². The maximum Gasteiger partial charge on any atom is 0.251 e. The third kappa shape index (κ3) is 5.08. The van der Waals surface area contributed by atoms with E-state index in [0.29, 0.717) is 30.1 Å². The molecule has 154 valence electrons. The van der Waals surface area contributed by atoms with Crippen molar-refractivity contribution in [2.75, 3.05) is 12.4 Å². The Balaban J connectivity index is 1.27. The fraction of sp³-hybridized carbons (Fsp3) is 0.250. The molecule has 0 atom stereocenters. The number of amides is 2. The lowest BCUT2D eigenvalue weighted by Gasteiger charge is -2.07. The number of benzene rings is 2. The predicted molar refractivity (Wildman–Crippen MR) is 115 cm³/mol. The first-order chi connectivity index (χ1) is 14.6. The molecule has 2 aromatic carbocycles. The molecule has 3 aromatic rings. The Hall–Kier alpha value is -3.54. The van der Waals surface area contributed by atoms with Crippen LogP contribution in [0.4, 0.5) is 5.69 Å². The lowest BCUT2D eigenvalue weighted by atomic mass is 10.1. The molecule has 1 aliphatic carbocycles. The zero-order valence-corrected chi connectivity index (χ0v) is 16.8. The van der Waals surface area contributed by atoms with Crippen molar-refractivity contribution in [3.05, 3.63) is 72.0 Å². The number of hydrogen-bond acceptors (Lipinski definition) is 4. The van der Waals surface area contributed by atoms with E-state index in [1.54, 1.807) is 31.4 Å². The van der Waals surface area contributed by atoms with Gasteiger partial charge in [-0.1, -0.05) is 0 Å². The summed E-state index contributed by atoms with van der Waals surface area (Å²) in [5.74, 6) is 2.13. The average molecular weight is 404 g/mol. The monoisotopic (exact) mass is 404 g/mol. The Labute approximate surface area is 175 Å². The van der Waals surface area contributed by atoms with Crippen molar-refractivity contribution in [2.24, 2.45) is 0 Å². The fourth-order valence-corrected chi connectivity index (χ4v) is 3.08. The molecule has 4 rings (SSSR count). The summed E-state index contributed by atoms with van der Waals surface area (Å²) in [4.78, 5) is 24.3. The van der Waals surface area contributed by atoms with Gasteiger partial charge < -0.3 is 19.8 Å². The second-order valence-electron chi connectivity index (χ2n) is 7.37. The maximum atomic E-state index is 12.3. The van der Waals surface area contributed by atoms with Crippen LogP contribution in [0.1, 0.15) is 35.4 Å². The van der Waals surface area contributed by atoms with E-state index in [0.717, 1.165) is 35.7 Å². The molecule has 0 bridgehead atoms. The van der Waals surface area contributed by atoms with E-state index in [1.807, 2.05) is 36.4 Å². The Morgan fingerprint density at radius 3 is 2.40 bits per heavy atom. The van der Waals surface area contributed by atoms with Crippen molar-refractivity contribution in [1.82, 2.24) is 5.32 Å². The zero-order valence-electron chi connectivity index (χ0n) is 16.8. The van der Waals surface area contributed by atoms with E-state index >= 15 is 0 Å². The van der Waals surface area contributed by atoms with E-state index in [2.05, 4.69) is 10.6 Å². The maximum absolute atomic E-state index is 12.3. The molecule has 2 N–H and O–H groups in total. The van der Waals surface area contributed by atoms with Gasteiger partial charge in [-0.25, -0.2) is 0 Å². The zero-order chi connectivity index (χ0) is 20.9. The summed E-state index contributed by atoms with van der Waals surface area (Å²) in [5, 5.41) is 5.80. The van der Waals surface area contributed by atoms with Gasteiger partial charge in [0.1, 0.15) is 17.3 Å². The van der Waals surface area contributed by atoms with E-state index < -0.39 is 0 Å². The number of methoxy groups -OCH3 is 1. The number of hydrogen-bond donors (Lipinski definition) is 2. The fourth-order valence-electron chi connectivity index (χ4n) is 3.08. The highest BCUT2D eigenvalue weighted by molar-refractivity contribution is 5.96. The number of rotatable bonds is 8. The molecule has 1 heterocycles. The molecule has 0 spiro atoms. The molecule has 0 saturated heterocycles. The molecule has 0 aliphatic heterocycles. The highest BCUT2D eigenvalue weighted by Crippen LogP contribution is 2.25. The number of anilines is 1. The summed E-state index contributed by atoms with van der Waals surface area (Å²) < 4.78 is 11.0. The molecular formula is C24H24N2O4. The van der Waals surface area contributed by atoms with Gasteiger partial charge in [0.2, 0.25) is 5.91 Å². The summed E-state index contributed by atoms with van der Waals surface area (Å²) in [6, 6.07) is 18.7. The largest absolute Gasteiger partial charge is 0.497 e. The van der Waals surface area contributed by atoms with Crippen LogP contribution in [0.15, 0.2) is 65.1 Å². The lowest BCUT2D eigenvalue weighted by Crippen LogP contribution is -2.25.